The van der Waals surface area contributed by atoms with Gasteiger partial charge in [0.1, 0.15) is 0 Å². The SMILES string of the molecule is CC.CC.CCCCN(CC)CC.CCCCN(CC)CC.CCCCN(CC)CC.CCCCN(CC)CC. The smallest absolute Gasteiger partial charge is 0.00191 e. The third-order valence-electron chi connectivity index (χ3n) is 6.89. The average molecular weight is 577 g/mol. The lowest BCUT2D eigenvalue weighted by Crippen LogP contribution is -2.23. The summed E-state index contributed by atoms with van der Waals surface area (Å²) in [5.41, 5.74) is 0. The molecule has 0 unspecified atom stereocenters. The van der Waals surface area contributed by atoms with Crippen molar-refractivity contribution < 1.29 is 0 Å². The minimum atomic E-state index is 1.20. The first kappa shape index (κ1) is 52.5. The number of hydrogen-bond donors (Lipinski definition) is 0. The van der Waals surface area contributed by atoms with Crippen LogP contribution in [-0.2, 0) is 0 Å². The van der Waals surface area contributed by atoms with Gasteiger partial charge in [-0.25, -0.2) is 0 Å². The van der Waals surface area contributed by atoms with Crippen molar-refractivity contribution in [3.8, 4) is 0 Å². The molecule has 0 radical (unpaired) electrons. The van der Waals surface area contributed by atoms with Gasteiger partial charge < -0.3 is 19.6 Å². The molecule has 0 aromatic carbocycles. The van der Waals surface area contributed by atoms with E-state index in [1.807, 2.05) is 27.7 Å². The Morgan fingerprint density at radius 2 is 0.375 bits per heavy atom. The fourth-order valence-corrected chi connectivity index (χ4v) is 3.69. The second-order valence-electron chi connectivity index (χ2n) is 9.52. The molecule has 0 spiro atoms. The van der Waals surface area contributed by atoms with E-state index in [9.17, 15) is 0 Å². The maximum absolute atomic E-state index is 2.46. The van der Waals surface area contributed by atoms with Crippen molar-refractivity contribution >= 4 is 0 Å². The van der Waals surface area contributed by atoms with Crippen LogP contribution >= 0.6 is 0 Å². The van der Waals surface area contributed by atoms with E-state index in [1.54, 1.807) is 0 Å². The van der Waals surface area contributed by atoms with Crippen LogP contribution in [0.15, 0.2) is 0 Å². The second-order valence-corrected chi connectivity index (χ2v) is 9.52. The molecule has 0 saturated heterocycles. The summed E-state index contributed by atoms with van der Waals surface area (Å²) < 4.78 is 0. The molecular weight excluding hydrogens is 488 g/mol. The van der Waals surface area contributed by atoms with Crippen LogP contribution in [0.4, 0.5) is 0 Å². The summed E-state index contributed by atoms with van der Waals surface area (Å²) >= 11 is 0. The Morgan fingerprint density at radius 3 is 0.450 bits per heavy atom. The molecule has 0 aliphatic carbocycles. The largest absolute Gasteiger partial charge is 0.304 e. The van der Waals surface area contributed by atoms with Crippen LogP contribution in [0.1, 0.15) is 162 Å². The van der Waals surface area contributed by atoms with Crippen molar-refractivity contribution in [2.75, 3.05) is 78.5 Å². The standard InChI is InChI=1S/4C8H19N.2C2H6/c4*1-4-7-8-9(5-2)6-3;2*1-2/h4*4-8H2,1-3H3;2*1-2H3. The van der Waals surface area contributed by atoms with Crippen LogP contribution in [-0.4, -0.2) is 98.1 Å². The van der Waals surface area contributed by atoms with Gasteiger partial charge in [-0.3, -0.25) is 0 Å². The Hall–Kier alpha value is -0.160. The van der Waals surface area contributed by atoms with Gasteiger partial charge in [-0.1, -0.05) is 136 Å². The highest BCUT2D eigenvalue weighted by Crippen LogP contribution is 1.94. The topological polar surface area (TPSA) is 13.0 Å². The van der Waals surface area contributed by atoms with Crippen molar-refractivity contribution in [1.29, 1.82) is 0 Å². The Labute approximate surface area is 260 Å². The number of unbranched alkanes of at least 4 members (excludes halogenated alkanes) is 4. The summed E-state index contributed by atoms with van der Waals surface area (Å²) in [5, 5.41) is 0. The maximum Gasteiger partial charge on any atom is -0.00191 e. The van der Waals surface area contributed by atoms with E-state index in [1.165, 1.54) is 130 Å². The Morgan fingerprint density at radius 1 is 0.250 bits per heavy atom. The van der Waals surface area contributed by atoms with E-state index in [0.717, 1.165) is 0 Å². The molecule has 0 heterocycles. The van der Waals surface area contributed by atoms with Crippen molar-refractivity contribution in [3.63, 3.8) is 0 Å². The maximum atomic E-state index is 2.46. The third kappa shape index (κ3) is 50.7. The number of hydrogen-bond acceptors (Lipinski definition) is 4. The molecule has 0 atom stereocenters. The van der Waals surface area contributed by atoms with E-state index in [4.69, 9.17) is 0 Å². The van der Waals surface area contributed by atoms with Gasteiger partial charge in [-0.15, -0.1) is 0 Å². The molecule has 0 aromatic heterocycles. The lowest BCUT2D eigenvalue weighted by Gasteiger charge is -2.16. The van der Waals surface area contributed by atoms with Gasteiger partial charge in [0.2, 0.25) is 0 Å². The summed E-state index contributed by atoms with van der Waals surface area (Å²) in [6.45, 7) is 49.5. The monoisotopic (exact) mass is 577 g/mol. The van der Waals surface area contributed by atoms with Gasteiger partial charge >= 0.3 is 0 Å². The van der Waals surface area contributed by atoms with Crippen LogP contribution < -0.4 is 0 Å². The van der Waals surface area contributed by atoms with E-state index in [2.05, 4.69) is 103 Å². The molecule has 0 bridgehead atoms. The highest BCUT2D eigenvalue weighted by Gasteiger charge is 1.96. The number of nitrogens with zero attached hydrogens (tertiary/aromatic N) is 4. The molecule has 0 N–H and O–H groups in total. The van der Waals surface area contributed by atoms with Crippen molar-refractivity contribution in [2.24, 2.45) is 0 Å². The Balaban J connectivity index is -0.0000000922. The van der Waals surface area contributed by atoms with Gasteiger partial charge in [0.05, 0.1) is 0 Å². The molecule has 0 saturated carbocycles. The molecule has 4 nitrogen and oxygen atoms in total. The lowest BCUT2D eigenvalue weighted by atomic mass is 10.3. The van der Waals surface area contributed by atoms with Crippen molar-refractivity contribution in [1.82, 2.24) is 19.6 Å². The highest BCUT2D eigenvalue weighted by atomic mass is 15.1. The highest BCUT2D eigenvalue weighted by molar-refractivity contribution is 4.52. The normalized spacial score (nSPS) is 9.90. The zero-order valence-electron chi connectivity index (χ0n) is 31.9. The van der Waals surface area contributed by atoms with Crippen molar-refractivity contribution in [3.05, 3.63) is 0 Å². The lowest BCUT2D eigenvalue weighted by molar-refractivity contribution is 0.299. The fraction of sp³-hybridized carbons (Fsp3) is 1.00. The molecule has 0 fully saturated rings. The van der Waals surface area contributed by atoms with Gasteiger partial charge in [-0.05, 0) is 104 Å². The predicted octanol–water partition coefficient (Wildman–Crippen LogP) is 10.6. The number of rotatable bonds is 20. The van der Waals surface area contributed by atoms with Gasteiger partial charge in [-0.2, -0.15) is 0 Å². The van der Waals surface area contributed by atoms with E-state index < -0.39 is 0 Å². The zero-order valence-corrected chi connectivity index (χ0v) is 31.9. The summed E-state index contributed by atoms with van der Waals surface area (Å²) in [7, 11) is 0. The molecule has 4 heteroatoms. The predicted molar refractivity (Wildman–Crippen MR) is 193 cm³/mol. The van der Waals surface area contributed by atoms with Gasteiger partial charge in [0, 0.05) is 0 Å². The first-order valence-electron chi connectivity index (χ1n) is 18.3. The average Bonchev–Trinajstić information content (AvgIpc) is 3.02. The molecule has 252 valence electrons. The Bertz CT molecular complexity index is 259. The van der Waals surface area contributed by atoms with Gasteiger partial charge in [0.15, 0.2) is 0 Å². The first-order chi connectivity index (χ1) is 19.4. The van der Waals surface area contributed by atoms with Crippen LogP contribution in [0.25, 0.3) is 0 Å². The summed E-state index contributed by atoms with van der Waals surface area (Å²) in [5.74, 6) is 0. The van der Waals surface area contributed by atoms with E-state index in [0.29, 0.717) is 0 Å². The summed E-state index contributed by atoms with van der Waals surface area (Å²) in [4.78, 5) is 9.85. The summed E-state index contributed by atoms with van der Waals surface area (Å²) in [6.07, 6.45) is 10.7. The van der Waals surface area contributed by atoms with E-state index in [-0.39, 0.29) is 0 Å². The van der Waals surface area contributed by atoms with Crippen LogP contribution in [0.2, 0.25) is 0 Å². The van der Waals surface area contributed by atoms with Crippen LogP contribution in [0, 0.1) is 0 Å². The van der Waals surface area contributed by atoms with Gasteiger partial charge in [0.25, 0.3) is 0 Å². The van der Waals surface area contributed by atoms with Crippen molar-refractivity contribution in [2.45, 2.75) is 162 Å². The Kier molecular flexibility index (Phi) is 72.0. The van der Waals surface area contributed by atoms with Crippen LogP contribution in [0.5, 0.6) is 0 Å². The first-order valence-corrected chi connectivity index (χ1v) is 18.3. The molecule has 40 heavy (non-hydrogen) atoms. The molecule has 0 aliphatic heterocycles. The van der Waals surface area contributed by atoms with Crippen LogP contribution in [0.3, 0.4) is 0 Å². The minimum absolute atomic E-state index is 1.20. The molecule has 0 aliphatic rings. The van der Waals surface area contributed by atoms with E-state index >= 15 is 0 Å². The zero-order chi connectivity index (χ0) is 32.5. The molecule has 0 amide bonds. The third-order valence-corrected chi connectivity index (χ3v) is 6.89. The molecule has 0 aromatic rings. The quantitative estimate of drug-likeness (QED) is 0.143. The minimum Gasteiger partial charge on any atom is -0.304 e. The summed E-state index contributed by atoms with van der Waals surface area (Å²) in [6, 6.07) is 0. The molecular formula is C36H88N4. The molecule has 0 rings (SSSR count). The second kappa shape index (κ2) is 54.9. The fourth-order valence-electron chi connectivity index (χ4n) is 3.69.